The highest BCUT2D eigenvalue weighted by Gasteiger charge is 2.35. The Morgan fingerprint density at radius 3 is 2.45 bits per heavy atom. The van der Waals surface area contributed by atoms with E-state index in [-0.39, 0.29) is 5.92 Å². The van der Waals surface area contributed by atoms with Crippen LogP contribution in [0.25, 0.3) is 0 Å². The van der Waals surface area contributed by atoms with Gasteiger partial charge in [-0.25, -0.2) is 0 Å². The summed E-state index contributed by atoms with van der Waals surface area (Å²) >= 11 is 0. The Labute approximate surface area is 65.9 Å². The molecule has 1 fully saturated rings. The van der Waals surface area contributed by atoms with Gasteiger partial charge in [-0.15, -0.1) is 0 Å². The van der Waals surface area contributed by atoms with Gasteiger partial charge in [-0.1, -0.05) is 12.2 Å². The number of carboxylic acids is 1. The molecule has 1 N–H and O–H groups in total. The van der Waals surface area contributed by atoms with Crippen LogP contribution >= 0.6 is 0 Å². The van der Waals surface area contributed by atoms with E-state index < -0.39 is 5.97 Å². The molecule has 3 aliphatic rings. The Morgan fingerprint density at radius 1 is 1.36 bits per heavy atom. The quantitative estimate of drug-likeness (QED) is 0.580. The highest BCUT2D eigenvalue weighted by Crippen LogP contribution is 2.40. The Balaban J connectivity index is 2.17. The summed E-state index contributed by atoms with van der Waals surface area (Å²) in [5.41, 5.74) is 0. The first kappa shape index (κ1) is 6.89. The summed E-state index contributed by atoms with van der Waals surface area (Å²) in [6.45, 7) is 0. The van der Waals surface area contributed by atoms with Crippen LogP contribution in [0.15, 0.2) is 12.2 Å². The Bertz CT molecular complexity index is 208. The minimum absolute atomic E-state index is 0.0845. The fraction of sp³-hybridized carbons (Fsp3) is 0.667. The van der Waals surface area contributed by atoms with Crippen molar-refractivity contribution in [3.8, 4) is 0 Å². The minimum Gasteiger partial charge on any atom is -0.481 e. The molecular weight excluding hydrogens is 140 g/mol. The summed E-state index contributed by atoms with van der Waals surface area (Å²) in [5.74, 6) is 0.196. The molecule has 0 aromatic heterocycles. The first-order valence-electron chi connectivity index (χ1n) is 4.18. The molecule has 0 spiro atoms. The summed E-state index contributed by atoms with van der Waals surface area (Å²) in [6.07, 6.45) is 7.43. The van der Waals surface area contributed by atoms with E-state index >= 15 is 0 Å². The van der Waals surface area contributed by atoms with Gasteiger partial charge in [0.15, 0.2) is 0 Å². The van der Waals surface area contributed by atoms with Crippen molar-refractivity contribution in [2.45, 2.75) is 19.3 Å². The van der Waals surface area contributed by atoms with Gasteiger partial charge in [0.25, 0.3) is 0 Å². The van der Waals surface area contributed by atoms with E-state index in [0.717, 1.165) is 12.8 Å². The highest BCUT2D eigenvalue weighted by molar-refractivity contribution is 5.71. The first-order valence-corrected chi connectivity index (χ1v) is 4.18. The van der Waals surface area contributed by atoms with E-state index in [9.17, 15) is 4.79 Å². The lowest BCUT2D eigenvalue weighted by atomic mass is 9.69. The van der Waals surface area contributed by atoms with Crippen LogP contribution in [0, 0.1) is 17.8 Å². The van der Waals surface area contributed by atoms with Crippen molar-refractivity contribution in [2.24, 2.45) is 17.8 Å². The van der Waals surface area contributed by atoms with Crippen LogP contribution < -0.4 is 0 Å². The molecule has 11 heavy (non-hydrogen) atoms. The van der Waals surface area contributed by atoms with Crippen LogP contribution in [0.5, 0.6) is 0 Å². The largest absolute Gasteiger partial charge is 0.481 e. The average Bonchev–Trinajstić information content (AvgIpc) is 2.06. The van der Waals surface area contributed by atoms with E-state index in [1.54, 1.807) is 0 Å². The number of allylic oxidation sites excluding steroid dienone is 2. The van der Waals surface area contributed by atoms with E-state index in [1.807, 2.05) is 0 Å². The van der Waals surface area contributed by atoms with Crippen molar-refractivity contribution in [1.82, 2.24) is 0 Å². The molecule has 0 aromatic carbocycles. The third-order valence-electron chi connectivity index (χ3n) is 2.89. The van der Waals surface area contributed by atoms with Crippen molar-refractivity contribution in [3.05, 3.63) is 12.2 Å². The zero-order valence-corrected chi connectivity index (χ0v) is 6.36. The van der Waals surface area contributed by atoms with Gasteiger partial charge in [-0.3, -0.25) is 4.79 Å². The zero-order chi connectivity index (χ0) is 7.84. The molecule has 2 bridgehead atoms. The summed E-state index contributed by atoms with van der Waals surface area (Å²) in [7, 11) is 0. The fourth-order valence-corrected chi connectivity index (χ4v) is 2.22. The molecule has 3 rings (SSSR count). The summed E-state index contributed by atoms with van der Waals surface area (Å²) in [4.78, 5) is 10.7. The van der Waals surface area contributed by atoms with Crippen LogP contribution in [0.2, 0.25) is 0 Å². The molecule has 0 heterocycles. The second-order valence-electron chi connectivity index (χ2n) is 3.57. The highest BCUT2D eigenvalue weighted by atomic mass is 16.4. The van der Waals surface area contributed by atoms with E-state index in [4.69, 9.17) is 5.11 Å². The van der Waals surface area contributed by atoms with Gasteiger partial charge in [-0.2, -0.15) is 0 Å². The van der Waals surface area contributed by atoms with Crippen LogP contribution in [-0.4, -0.2) is 11.1 Å². The maximum absolute atomic E-state index is 10.7. The molecule has 0 aliphatic heterocycles. The van der Waals surface area contributed by atoms with Crippen molar-refractivity contribution in [3.63, 3.8) is 0 Å². The van der Waals surface area contributed by atoms with Gasteiger partial charge in [0.05, 0.1) is 5.92 Å². The molecule has 0 saturated heterocycles. The normalized spacial score (nSPS) is 40.9. The molecule has 3 atom stereocenters. The topological polar surface area (TPSA) is 37.3 Å². The average molecular weight is 152 g/mol. The maximum atomic E-state index is 10.7. The predicted molar refractivity (Wildman–Crippen MR) is 41.1 cm³/mol. The monoisotopic (exact) mass is 152 g/mol. The van der Waals surface area contributed by atoms with Crippen molar-refractivity contribution in [1.29, 1.82) is 0 Å². The zero-order valence-electron chi connectivity index (χ0n) is 6.36. The van der Waals surface area contributed by atoms with Gasteiger partial charge < -0.3 is 5.11 Å². The molecule has 0 unspecified atom stereocenters. The van der Waals surface area contributed by atoms with Crippen molar-refractivity contribution < 1.29 is 9.90 Å². The lowest BCUT2D eigenvalue weighted by Crippen LogP contribution is -2.32. The molecule has 2 nitrogen and oxygen atoms in total. The Hall–Kier alpha value is -0.790. The Kier molecular flexibility index (Phi) is 1.48. The molecule has 60 valence electrons. The van der Waals surface area contributed by atoms with Gasteiger partial charge >= 0.3 is 5.97 Å². The second kappa shape index (κ2) is 2.36. The standard InChI is InChI=1S/C9H12O2/c10-9(11)8-5-6-1-3-7(8)4-2-6/h1,3,6-8H,2,4-5H2,(H,10,11)/t6-,7-,8+/m0/s1. The fourth-order valence-electron chi connectivity index (χ4n) is 2.22. The lowest BCUT2D eigenvalue weighted by molar-refractivity contribution is -0.144. The summed E-state index contributed by atoms with van der Waals surface area (Å²) in [5, 5.41) is 8.83. The molecule has 0 amide bonds. The molecule has 2 heteroatoms. The van der Waals surface area contributed by atoms with Crippen LogP contribution in [0.4, 0.5) is 0 Å². The van der Waals surface area contributed by atoms with Crippen LogP contribution in [-0.2, 0) is 4.79 Å². The first-order chi connectivity index (χ1) is 5.27. The third kappa shape index (κ3) is 1.06. The molecular formula is C9H12O2. The lowest BCUT2D eigenvalue weighted by Gasteiger charge is -2.35. The molecule has 3 aliphatic carbocycles. The van der Waals surface area contributed by atoms with Crippen LogP contribution in [0.3, 0.4) is 0 Å². The number of carboxylic acid groups (broad SMARTS) is 1. The van der Waals surface area contributed by atoms with Crippen LogP contribution in [0.1, 0.15) is 19.3 Å². The molecule has 0 radical (unpaired) electrons. The number of hydrogen-bond acceptors (Lipinski definition) is 1. The van der Waals surface area contributed by atoms with Gasteiger partial charge in [0, 0.05) is 0 Å². The van der Waals surface area contributed by atoms with Crippen molar-refractivity contribution >= 4 is 5.97 Å². The van der Waals surface area contributed by atoms with Gasteiger partial charge in [-0.05, 0) is 31.1 Å². The third-order valence-corrected chi connectivity index (χ3v) is 2.89. The predicted octanol–water partition coefficient (Wildman–Crippen LogP) is 1.67. The number of hydrogen-bond donors (Lipinski definition) is 1. The Morgan fingerprint density at radius 2 is 2.18 bits per heavy atom. The van der Waals surface area contributed by atoms with E-state index in [1.165, 1.54) is 6.42 Å². The van der Waals surface area contributed by atoms with E-state index in [0.29, 0.717) is 11.8 Å². The number of aliphatic carboxylic acids is 1. The van der Waals surface area contributed by atoms with Crippen molar-refractivity contribution in [2.75, 3.05) is 0 Å². The minimum atomic E-state index is -0.607. The smallest absolute Gasteiger partial charge is 0.307 e. The number of carbonyl (C=O) groups is 1. The number of fused-ring (bicyclic) bond motifs is 2. The summed E-state index contributed by atoms with van der Waals surface area (Å²) in [6, 6.07) is 0. The molecule has 0 aromatic rings. The second-order valence-corrected chi connectivity index (χ2v) is 3.57. The maximum Gasteiger partial charge on any atom is 0.307 e. The molecule has 1 saturated carbocycles. The summed E-state index contributed by atoms with van der Waals surface area (Å²) < 4.78 is 0. The van der Waals surface area contributed by atoms with Gasteiger partial charge in [0.2, 0.25) is 0 Å². The SMILES string of the molecule is O=C(O)[C@@H]1C[C@H]2C=C[C@H]1CC2. The number of rotatable bonds is 1. The van der Waals surface area contributed by atoms with Gasteiger partial charge in [0.1, 0.15) is 0 Å². The van der Waals surface area contributed by atoms with E-state index in [2.05, 4.69) is 12.2 Å².